The number of hydrogen-bond donors (Lipinski definition) is 2. The third kappa shape index (κ3) is 4.51. The smallest absolute Gasteiger partial charge is 0.246 e. The first-order valence-electron chi connectivity index (χ1n) is 6.66. The van der Waals surface area contributed by atoms with Crippen molar-refractivity contribution in [3.63, 3.8) is 0 Å². The number of anilines is 2. The maximum absolute atomic E-state index is 12.2. The van der Waals surface area contributed by atoms with E-state index in [1.807, 2.05) is 24.3 Å². The Bertz CT molecular complexity index is 679. The predicted molar refractivity (Wildman–Crippen MR) is 98.9 cm³/mol. The van der Waals surface area contributed by atoms with Crippen LogP contribution in [0.2, 0.25) is 5.02 Å². The van der Waals surface area contributed by atoms with Crippen molar-refractivity contribution in [3.8, 4) is 5.75 Å². The molecule has 0 heterocycles. The van der Waals surface area contributed by atoms with Crippen molar-refractivity contribution in [2.75, 3.05) is 17.7 Å². The molecule has 1 unspecified atom stereocenters. The van der Waals surface area contributed by atoms with Crippen molar-refractivity contribution in [1.82, 2.24) is 0 Å². The lowest BCUT2D eigenvalue weighted by Gasteiger charge is -2.16. The van der Waals surface area contributed by atoms with Crippen LogP contribution in [0.3, 0.4) is 0 Å². The Morgan fingerprint density at radius 2 is 2.00 bits per heavy atom. The maximum Gasteiger partial charge on any atom is 0.246 e. The zero-order chi connectivity index (χ0) is 16.1. The van der Waals surface area contributed by atoms with Gasteiger partial charge in [-0.05, 0) is 65.9 Å². The van der Waals surface area contributed by atoms with Crippen molar-refractivity contribution in [3.05, 3.63) is 51.1 Å². The number of benzene rings is 2. The van der Waals surface area contributed by atoms with Gasteiger partial charge >= 0.3 is 0 Å². The molecule has 0 aliphatic carbocycles. The first-order chi connectivity index (χ1) is 10.5. The highest BCUT2D eigenvalue weighted by atomic mass is 127. The van der Waals surface area contributed by atoms with Crippen molar-refractivity contribution in [2.24, 2.45) is 0 Å². The highest BCUT2D eigenvalue weighted by molar-refractivity contribution is 14.1. The molecule has 0 saturated heterocycles. The van der Waals surface area contributed by atoms with Gasteiger partial charge in [-0.3, -0.25) is 4.79 Å². The Labute approximate surface area is 148 Å². The van der Waals surface area contributed by atoms with Gasteiger partial charge in [0.1, 0.15) is 11.8 Å². The van der Waals surface area contributed by atoms with E-state index < -0.39 is 0 Å². The van der Waals surface area contributed by atoms with Gasteiger partial charge in [-0.25, -0.2) is 0 Å². The molecule has 116 valence electrons. The molecule has 6 heteroatoms. The van der Waals surface area contributed by atoms with E-state index in [-0.39, 0.29) is 11.9 Å². The molecule has 2 rings (SSSR count). The molecule has 4 nitrogen and oxygen atoms in total. The molecule has 22 heavy (non-hydrogen) atoms. The van der Waals surface area contributed by atoms with E-state index in [0.29, 0.717) is 16.5 Å². The number of carbonyl (C=O) groups excluding carboxylic acids is 1. The van der Waals surface area contributed by atoms with Crippen LogP contribution >= 0.6 is 34.2 Å². The largest absolute Gasteiger partial charge is 0.495 e. The molecule has 0 spiro atoms. The summed E-state index contributed by atoms with van der Waals surface area (Å²) < 4.78 is 6.19. The van der Waals surface area contributed by atoms with Gasteiger partial charge in [0.05, 0.1) is 12.1 Å². The Balaban J connectivity index is 2.00. The number of hydrogen-bond acceptors (Lipinski definition) is 3. The van der Waals surface area contributed by atoms with Gasteiger partial charge in [-0.2, -0.15) is 0 Å². The van der Waals surface area contributed by atoms with E-state index in [9.17, 15) is 4.79 Å². The van der Waals surface area contributed by atoms with Crippen LogP contribution in [0.25, 0.3) is 0 Å². The van der Waals surface area contributed by atoms with Crippen molar-refractivity contribution >= 4 is 51.5 Å². The van der Waals surface area contributed by atoms with Crippen LogP contribution < -0.4 is 15.4 Å². The van der Waals surface area contributed by atoms with Crippen LogP contribution in [0.1, 0.15) is 6.92 Å². The molecule has 0 bridgehead atoms. The summed E-state index contributed by atoms with van der Waals surface area (Å²) >= 11 is 8.28. The Morgan fingerprint density at radius 1 is 1.23 bits per heavy atom. The molecule has 0 aliphatic heterocycles. The van der Waals surface area contributed by atoms with Crippen molar-refractivity contribution in [1.29, 1.82) is 0 Å². The van der Waals surface area contributed by atoms with Crippen LogP contribution in [-0.4, -0.2) is 19.1 Å². The molecule has 0 aliphatic rings. The third-order valence-corrected chi connectivity index (χ3v) is 3.99. The van der Waals surface area contributed by atoms with E-state index in [4.69, 9.17) is 16.3 Å². The van der Waals surface area contributed by atoms with Gasteiger partial charge in [0, 0.05) is 14.9 Å². The number of carbonyl (C=O) groups is 1. The summed E-state index contributed by atoms with van der Waals surface area (Å²) in [6.45, 7) is 1.81. The first kappa shape index (κ1) is 16.9. The van der Waals surface area contributed by atoms with E-state index in [0.717, 1.165) is 9.26 Å². The average Bonchev–Trinajstić information content (AvgIpc) is 2.47. The molecule has 0 saturated carbocycles. The number of rotatable bonds is 5. The number of nitrogens with one attached hydrogen (secondary N) is 2. The van der Waals surface area contributed by atoms with Crippen LogP contribution in [0.4, 0.5) is 11.4 Å². The zero-order valence-corrected chi connectivity index (χ0v) is 15.1. The van der Waals surface area contributed by atoms with E-state index >= 15 is 0 Å². The second kappa shape index (κ2) is 7.69. The lowest BCUT2D eigenvalue weighted by atomic mass is 10.2. The topological polar surface area (TPSA) is 50.4 Å². The summed E-state index contributed by atoms with van der Waals surface area (Å²) in [7, 11) is 1.55. The maximum atomic E-state index is 12.2. The fourth-order valence-electron chi connectivity index (χ4n) is 1.89. The molecule has 1 amide bonds. The lowest BCUT2D eigenvalue weighted by molar-refractivity contribution is -0.116. The monoisotopic (exact) mass is 430 g/mol. The van der Waals surface area contributed by atoms with Gasteiger partial charge in [0.15, 0.2) is 0 Å². The summed E-state index contributed by atoms with van der Waals surface area (Å²) in [5.41, 5.74) is 1.54. The Hall–Kier alpha value is -1.47. The molecular formula is C16H16ClIN2O2. The zero-order valence-electron chi connectivity index (χ0n) is 12.2. The number of halogens is 2. The predicted octanol–water partition coefficient (Wildman–Crippen LogP) is 4.39. The summed E-state index contributed by atoms with van der Waals surface area (Å²) in [5.74, 6) is 0.435. The summed E-state index contributed by atoms with van der Waals surface area (Å²) in [6.07, 6.45) is 0. The summed E-state index contributed by atoms with van der Waals surface area (Å²) in [6, 6.07) is 12.6. The minimum absolute atomic E-state index is 0.139. The van der Waals surface area contributed by atoms with Gasteiger partial charge in [-0.15, -0.1) is 0 Å². The van der Waals surface area contributed by atoms with E-state index in [2.05, 4.69) is 33.2 Å². The molecule has 1 atom stereocenters. The third-order valence-electron chi connectivity index (χ3n) is 3.02. The number of ether oxygens (including phenoxy) is 1. The second-order valence-corrected chi connectivity index (χ2v) is 6.37. The standard InChI is InChI=1S/C16H16ClIN2O2/c1-10(19-12-5-3-4-11(18)8-12)16(21)20-13-6-7-15(22-2)14(17)9-13/h3-10,19H,1-2H3,(H,20,21). The van der Waals surface area contributed by atoms with Gasteiger partial charge in [0.25, 0.3) is 0 Å². The summed E-state index contributed by atoms with van der Waals surface area (Å²) in [5, 5.41) is 6.45. The minimum Gasteiger partial charge on any atom is -0.495 e. The normalized spacial score (nSPS) is 11.6. The Kier molecular flexibility index (Phi) is 5.90. The highest BCUT2D eigenvalue weighted by Gasteiger charge is 2.13. The molecule has 2 aromatic carbocycles. The van der Waals surface area contributed by atoms with Gasteiger partial charge in [0.2, 0.25) is 5.91 Å². The number of methoxy groups -OCH3 is 1. The average molecular weight is 431 g/mol. The molecule has 0 aromatic heterocycles. The highest BCUT2D eigenvalue weighted by Crippen LogP contribution is 2.27. The fraction of sp³-hybridized carbons (Fsp3) is 0.188. The first-order valence-corrected chi connectivity index (χ1v) is 8.12. The molecule has 2 N–H and O–H groups in total. The van der Waals surface area contributed by atoms with Gasteiger partial charge < -0.3 is 15.4 Å². The van der Waals surface area contributed by atoms with Crippen molar-refractivity contribution in [2.45, 2.75) is 13.0 Å². The quantitative estimate of drug-likeness (QED) is 0.692. The molecule has 0 radical (unpaired) electrons. The number of amides is 1. The van der Waals surface area contributed by atoms with Crippen LogP contribution in [0, 0.1) is 3.57 Å². The van der Waals surface area contributed by atoms with E-state index in [1.165, 1.54) is 0 Å². The van der Waals surface area contributed by atoms with Crippen molar-refractivity contribution < 1.29 is 9.53 Å². The summed E-state index contributed by atoms with van der Waals surface area (Å²) in [4.78, 5) is 12.2. The second-order valence-electron chi connectivity index (χ2n) is 4.71. The van der Waals surface area contributed by atoms with Crippen LogP contribution in [0.15, 0.2) is 42.5 Å². The molecule has 2 aromatic rings. The SMILES string of the molecule is COc1ccc(NC(=O)C(C)Nc2cccc(I)c2)cc1Cl. The van der Waals surface area contributed by atoms with Crippen LogP contribution in [-0.2, 0) is 4.79 Å². The van der Waals surface area contributed by atoms with Gasteiger partial charge in [-0.1, -0.05) is 17.7 Å². The minimum atomic E-state index is -0.376. The molecular weight excluding hydrogens is 415 g/mol. The van der Waals surface area contributed by atoms with Crippen LogP contribution in [0.5, 0.6) is 5.75 Å². The fourth-order valence-corrected chi connectivity index (χ4v) is 2.69. The van der Waals surface area contributed by atoms with E-state index in [1.54, 1.807) is 32.2 Å². The molecule has 0 fully saturated rings. The lowest BCUT2D eigenvalue weighted by Crippen LogP contribution is -2.31. The Morgan fingerprint density at radius 3 is 2.64 bits per heavy atom.